The first kappa shape index (κ1) is 6.51. The van der Waals surface area contributed by atoms with Gasteiger partial charge in [0.2, 0.25) is 0 Å². The number of hydrogen-bond acceptors (Lipinski definition) is 3. The smallest absolute Gasteiger partial charge is 0.324 e. The zero-order valence-electron chi connectivity index (χ0n) is 5.00. The molecule has 4 nitrogen and oxygen atoms in total. The molecule has 5 N–H and O–H groups in total. The number of rotatable bonds is 2. The van der Waals surface area contributed by atoms with Gasteiger partial charge in [0.1, 0.15) is 5.54 Å². The number of carboxylic acid groups (broad SMARTS) is 1. The molecule has 0 radical (unpaired) electrons. The summed E-state index contributed by atoms with van der Waals surface area (Å²) in [4.78, 5) is 10.3. The van der Waals surface area contributed by atoms with Gasteiger partial charge in [-0.05, 0) is 13.0 Å². The lowest BCUT2D eigenvalue weighted by Gasteiger charge is -2.01. The summed E-state index contributed by atoms with van der Waals surface area (Å²) in [6.07, 6.45) is 0.527. The maximum Gasteiger partial charge on any atom is 0.324 e. The van der Waals surface area contributed by atoms with Crippen LogP contribution in [0.15, 0.2) is 0 Å². The van der Waals surface area contributed by atoms with Gasteiger partial charge in [-0.25, -0.2) is 0 Å². The van der Waals surface area contributed by atoms with Crippen molar-refractivity contribution in [2.24, 2.45) is 17.4 Å². The highest BCUT2D eigenvalue weighted by Crippen LogP contribution is 2.39. The molecule has 0 spiro atoms. The van der Waals surface area contributed by atoms with Crippen molar-refractivity contribution in [1.29, 1.82) is 0 Å². The minimum absolute atomic E-state index is 0.00463. The molecular formula is C5H10N2O2. The lowest BCUT2D eigenvalue weighted by Crippen LogP contribution is -2.36. The number of carbonyl (C=O) groups is 1. The second-order valence-corrected chi connectivity index (χ2v) is 2.48. The van der Waals surface area contributed by atoms with E-state index in [0.29, 0.717) is 13.0 Å². The van der Waals surface area contributed by atoms with E-state index in [0.717, 1.165) is 0 Å². The fraction of sp³-hybridized carbons (Fsp3) is 0.800. The maximum atomic E-state index is 10.3. The van der Waals surface area contributed by atoms with Crippen LogP contribution in [0.2, 0.25) is 0 Å². The van der Waals surface area contributed by atoms with E-state index in [-0.39, 0.29) is 5.92 Å². The molecule has 0 aliphatic heterocycles. The van der Waals surface area contributed by atoms with Crippen molar-refractivity contribution in [3.63, 3.8) is 0 Å². The van der Waals surface area contributed by atoms with Gasteiger partial charge >= 0.3 is 5.97 Å². The van der Waals surface area contributed by atoms with Crippen molar-refractivity contribution in [1.82, 2.24) is 0 Å². The molecule has 1 aliphatic rings. The molecule has 0 heterocycles. The average Bonchev–Trinajstić information content (AvgIpc) is 2.44. The monoisotopic (exact) mass is 130 g/mol. The molecule has 9 heavy (non-hydrogen) atoms. The second kappa shape index (κ2) is 1.68. The number of hydrogen-bond donors (Lipinski definition) is 3. The third-order valence-corrected chi connectivity index (χ3v) is 1.84. The molecule has 2 unspecified atom stereocenters. The molecule has 1 rings (SSSR count). The van der Waals surface area contributed by atoms with Gasteiger partial charge in [-0.3, -0.25) is 4.79 Å². The van der Waals surface area contributed by atoms with E-state index in [1.54, 1.807) is 0 Å². The molecule has 0 bridgehead atoms. The topological polar surface area (TPSA) is 89.3 Å². The normalized spacial score (nSPS) is 40.4. The van der Waals surface area contributed by atoms with Crippen LogP contribution in [-0.4, -0.2) is 23.2 Å². The summed E-state index contributed by atoms with van der Waals surface area (Å²) in [5, 5.41) is 8.43. The fourth-order valence-corrected chi connectivity index (χ4v) is 0.904. The van der Waals surface area contributed by atoms with E-state index in [4.69, 9.17) is 16.6 Å². The van der Waals surface area contributed by atoms with Crippen molar-refractivity contribution in [2.75, 3.05) is 6.54 Å². The second-order valence-electron chi connectivity index (χ2n) is 2.48. The molecule has 1 fully saturated rings. The van der Waals surface area contributed by atoms with Crippen LogP contribution in [0.4, 0.5) is 0 Å². The van der Waals surface area contributed by atoms with Crippen LogP contribution in [0.1, 0.15) is 6.42 Å². The summed E-state index contributed by atoms with van der Waals surface area (Å²) in [7, 11) is 0. The van der Waals surface area contributed by atoms with Gasteiger partial charge in [-0.1, -0.05) is 0 Å². The largest absolute Gasteiger partial charge is 0.480 e. The Morgan fingerprint density at radius 2 is 2.44 bits per heavy atom. The molecule has 0 saturated heterocycles. The first-order chi connectivity index (χ1) is 4.11. The fourth-order valence-electron chi connectivity index (χ4n) is 0.904. The van der Waals surface area contributed by atoms with Crippen molar-refractivity contribution in [3.8, 4) is 0 Å². The molecule has 1 aliphatic carbocycles. The van der Waals surface area contributed by atoms with Crippen LogP contribution in [0.5, 0.6) is 0 Å². The van der Waals surface area contributed by atoms with Crippen LogP contribution in [0.25, 0.3) is 0 Å². The van der Waals surface area contributed by atoms with Crippen LogP contribution < -0.4 is 11.5 Å². The number of nitrogens with two attached hydrogens (primary N) is 2. The van der Waals surface area contributed by atoms with E-state index in [9.17, 15) is 4.79 Å². The van der Waals surface area contributed by atoms with Gasteiger partial charge in [0, 0.05) is 5.92 Å². The molecule has 52 valence electrons. The Balaban J connectivity index is 2.52. The molecule has 0 aromatic heterocycles. The predicted octanol–water partition coefficient (Wildman–Crippen LogP) is -1.25. The van der Waals surface area contributed by atoms with E-state index in [1.807, 2.05) is 0 Å². The Morgan fingerprint density at radius 1 is 1.89 bits per heavy atom. The Morgan fingerprint density at radius 3 is 2.56 bits per heavy atom. The Hall–Kier alpha value is -0.610. The van der Waals surface area contributed by atoms with Crippen LogP contribution in [0.3, 0.4) is 0 Å². The highest BCUT2D eigenvalue weighted by Gasteiger charge is 2.56. The third kappa shape index (κ3) is 0.799. The first-order valence-electron chi connectivity index (χ1n) is 2.83. The van der Waals surface area contributed by atoms with Gasteiger partial charge in [0.25, 0.3) is 0 Å². The summed E-state index contributed by atoms with van der Waals surface area (Å²) in [5.41, 5.74) is 9.58. The summed E-state index contributed by atoms with van der Waals surface area (Å²) in [5.74, 6) is -0.937. The van der Waals surface area contributed by atoms with Gasteiger partial charge in [0.15, 0.2) is 0 Å². The van der Waals surface area contributed by atoms with Crippen LogP contribution in [-0.2, 0) is 4.79 Å². The summed E-state index contributed by atoms with van der Waals surface area (Å²) < 4.78 is 0. The predicted molar refractivity (Wildman–Crippen MR) is 31.7 cm³/mol. The van der Waals surface area contributed by atoms with Crippen molar-refractivity contribution >= 4 is 5.97 Å². The van der Waals surface area contributed by atoms with Crippen LogP contribution >= 0.6 is 0 Å². The van der Waals surface area contributed by atoms with E-state index >= 15 is 0 Å². The quantitative estimate of drug-likeness (QED) is 0.435. The SMILES string of the molecule is NCC1CC1(N)C(=O)O. The standard InChI is InChI=1S/C5H10N2O2/c6-2-3-1-5(3,7)4(8)9/h3H,1-2,6-7H2,(H,8,9). The van der Waals surface area contributed by atoms with Crippen LogP contribution in [0, 0.1) is 5.92 Å². The highest BCUT2D eigenvalue weighted by molar-refractivity contribution is 5.82. The van der Waals surface area contributed by atoms with Crippen molar-refractivity contribution < 1.29 is 9.90 Å². The molecule has 0 aromatic rings. The van der Waals surface area contributed by atoms with Gasteiger partial charge in [0.05, 0.1) is 0 Å². The van der Waals surface area contributed by atoms with Gasteiger partial charge in [-0.15, -0.1) is 0 Å². The molecule has 1 saturated carbocycles. The summed E-state index contributed by atoms with van der Waals surface area (Å²) >= 11 is 0. The molecule has 2 atom stereocenters. The van der Waals surface area contributed by atoms with Crippen molar-refractivity contribution in [3.05, 3.63) is 0 Å². The average molecular weight is 130 g/mol. The Labute approximate surface area is 52.8 Å². The molecule has 0 amide bonds. The van der Waals surface area contributed by atoms with Gasteiger partial charge < -0.3 is 16.6 Å². The van der Waals surface area contributed by atoms with E-state index in [2.05, 4.69) is 0 Å². The molecule has 0 aromatic carbocycles. The van der Waals surface area contributed by atoms with Gasteiger partial charge in [-0.2, -0.15) is 0 Å². The minimum atomic E-state index is -0.991. The summed E-state index contributed by atoms with van der Waals surface area (Å²) in [6, 6.07) is 0. The first-order valence-corrected chi connectivity index (χ1v) is 2.83. The summed E-state index contributed by atoms with van der Waals surface area (Å²) in [6.45, 7) is 0.378. The Kier molecular flexibility index (Phi) is 1.22. The Bertz CT molecular complexity index is 148. The van der Waals surface area contributed by atoms with Crippen molar-refractivity contribution in [2.45, 2.75) is 12.0 Å². The number of carboxylic acids is 1. The molecular weight excluding hydrogens is 120 g/mol. The lowest BCUT2D eigenvalue weighted by atomic mass is 10.2. The number of aliphatic carboxylic acids is 1. The van der Waals surface area contributed by atoms with E-state index in [1.165, 1.54) is 0 Å². The zero-order chi connectivity index (χ0) is 7.07. The maximum absolute atomic E-state index is 10.3. The lowest BCUT2D eigenvalue weighted by molar-refractivity contribution is -0.140. The third-order valence-electron chi connectivity index (χ3n) is 1.84. The molecule has 4 heteroatoms. The minimum Gasteiger partial charge on any atom is -0.480 e. The highest BCUT2D eigenvalue weighted by atomic mass is 16.4. The van der Waals surface area contributed by atoms with E-state index < -0.39 is 11.5 Å². The zero-order valence-corrected chi connectivity index (χ0v) is 5.00.